The Balaban J connectivity index is 2.99. The van der Waals surface area contributed by atoms with Gasteiger partial charge >= 0.3 is 0 Å². The number of nitrogens with zero attached hydrogens (tertiary/aromatic N) is 2. The third kappa shape index (κ3) is 4.39. The maximum absolute atomic E-state index is 5.81. The Kier molecular flexibility index (Phi) is 7.26. The maximum Gasteiger partial charge on any atom is 0.171 e. The van der Waals surface area contributed by atoms with Crippen LogP contribution >= 0.6 is 0 Å². The van der Waals surface area contributed by atoms with Gasteiger partial charge in [-0.3, -0.25) is 0 Å². The quantitative estimate of drug-likeness (QED) is 0.746. The summed E-state index contributed by atoms with van der Waals surface area (Å²) in [6, 6.07) is 4.37. The highest BCUT2D eigenvalue weighted by Crippen LogP contribution is 2.28. The Bertz CT molecular complexity index is 353. The molecule has 2 N–H and O–H groups in total. The van der Waals surface area contributed by atoms with Crippen LogP contribution in [0.25, 0.3) is 0 Å². The van der Waals surface area contributed by atoms with Crippen LogP contribution in [0.5, 0.6) is 5.75 Å². The molecule has 4 nitrogen and oxygen atoms in total. The normalized spacial score (nSPS) is 10.8. The van der Waals surface area contributed by atoms with Crippen molar-refractivity contribution in [3.63, 3.8) is 0 Å². The van der Waals surface area contributed by atoms with E-state index in [-0.39, 0.29) is 0 Å². The SMILES string of the molecule is CCCOc1cccnc1N(CCN)C(CC)CC. The molecule has 1 aromatic heterocycles. The van der Waals surface area contributed by atoms with E-state index in [1.807, 2.05) is 18.3 Å². The molecular formula is C15H27N3O. The molecule has 0 saturated carbocycles. The average Bonchev–Trinajstić information content (AvgIpc) is 2.46. The fraction of sp³-hybridized carbons (Fsp3) is 0.667. The van der Waals surface area contributed by atoms with E-state index >= 15 is 0 Å². The number of nitrogens with two attached hydrogens (primary N) is 1. The number of hydrogen-bond acceptors (Lipinski definition) is 4. The van der Waals surface area contributed by atoms with E-state index in [1.54, 1.807) is 0 Å². The van der Waals surface area contributed by atoms with Crippen molar-refractivity contribution >= 4 is 5.82 Å². The van der Waals surface area contributed by atoms with Crippen molar-refractivity contribution in [2.75, 3.05) is 24.6 Å². The van der Waals surface area contributed by atoms with E-state index in [0.29, 0.717) is 12.6 Å². The number of aromatic nitrogens is 1. The van der Waals surface area contributed by atoms with Crippen LogP contribution in [0.15, 0.2) is 18.3 Å². The molecule has 1 rings (SSSR count). The molecule has 0 spiro atoms. The fourth-order valence-corrected chi connectivity index (χ4v) is 2.25. The van der Waals surface area contributed by atoms with Crippen LogP contribution in [0.2, 0.25) is 0 Å². The van der Waals surface area contributed by atoms with E-state index in [0.717, 1.165) is 44.0 Å². The Hall–Kier alpha value is -1.29. The molecule has 0 aliphatic rings. The molecule has 4 heteroatoms. The van der Waals surface area contributed by atoms with Gasteiger partial charge in [0.1, 0.15) is 0 Å². The van der Waals surface area contributed by atoms with Crippen molar-refractivity contribution in [2.24, 2.45) is 5.73 Å². The van der Waals surface area contributed by atoms with Gasteiger partial charge in [-0.15, -0.1) is 0 Å². The minimum absolute atomic E-state index is 0.461. The molecule has 108 valence electrons. The molecule has 1 heterocycles. The summed E-state index contributed by atoms with van der Waals surface area (Å²) in [5.41, 5.74) is 5.75. The van der Waals surface area contributed by atoms with Gasteiger partial charge in [-0.05, 0) is 31.4 Å². The number of ether oxygens (including phenoxy) is 1. The molecule has 0 saturated heterocycles. The zero-order valence-corrected chi connectivity index (χ0v) is 12.4. The van der Waals surface area contributed by atoms with Crippen LogP contribution in [0.4, 0.5) is 5.82 Å². The summed E-state index contributed by atoms with van der Waals surface area (Å²) < 4.78 is 5.81. The lowest BCUT2D eigenvalue weighted by molar-refractivity contribution is 0.315. The largest absolute Gasteiger partial charge is 0.490 e. The molecule has 19 heavy (non-hydrogen) atoms. The van der Waals surface area contributed by atoms with E-state index in [1.165, 1.54) is 0 Å². The topological polar surface area (TPSA) is 51.4 Å². The summed E-state index contributed by atoms with van der Waals surface area (Å²) in [5, 5.41) is 0. The Labute approximate surface area is 117 Å². The smallest absolute Gasteiger partial charge is 0.171 e. The lowest BCUT2D eigenvalue weighted by atomic mass is 10.1. The Morgan fingerprint density at radius 2 is 2.05 bits per heavy atom. The molecule has 0 bridgehead atoms. The van der Waals surface area contributed by atoms with Gasteiger partial charge in [-0.25, -0.2) is 4.98 Å². The lowest BCUT2D eigenvalue weighted by Crippen LogP contribution is -2.39. The van der Waals surface area contributed by atoms with Crippen LogP contribution in [-0.2, 0) is 0 Å². The van der Waals surface area contributed by atoms with Gasteiger partial charge in [0.25, 0.3) is 0 Å². The average molecular weight is 265 g/mol. The number of anilines is 1. The minimum atomic E-state index is 0.461. The first kappa shape index (κ1) is 15.8. The van der Waals surface area contributed by atoms with E-state index in [2.05, 4.69) is 30.7 Å². The standard InChI is InChI=1S/C15H27N3O/c1-4-12-19-14-8-7-10-17-15(14)18(11-9-16)13(5-2)6-3/h7-8,10,13H,4-6,9,11-12,16H2,1-3H3. The number of hydrogen-bond donors (Lipinski definition) is 1. The van der Waals surface area contributed by atoms with E-state index in [9.17, 15) is 0 Å². The minimum Gasteiger partial charge on any atom is -0.490 e. The van der Waals surface area contributed by atoms with Gasteiger partial charge in [0.2, 0.25) is 0 Å². The van der Waals surface area contributed by atoms with Gasteiger partial charge in [0.15, 0.2) is 11.6 Å². The second kappa shape index (κ2) is 8.75. The molecule has 0 unspecified atom stereocenters. The second-order valence-corrected chi connectivity index (χ2v) is 4.63. The van der Waals surface area contributed by atoms with Crippen molar-refractivity contribution < 1.29 is 4.74 Å². The van der Waals surface area contributed by atoms with Crippen LogP contribution in [0, 0.1) is 0 Å². The first-order valence-electron chi connectivity index (χ1n) is 7.32. The van der Waals surface area contributed by atoms with E-state index < -0.39 is 0 Å². The Morgan fingerprint density at radius 3 is 2.63 bits per heavy atom. The zero-order chi connectivity index (χ0) is 14.1. The molecule has 0 fully saturated rings. The van der Waals surface area contributed by atoms with Crippen molar-refractivity contribution in [1.82, 2.24) is 4.98 Å². The number of pyridine rings is 1. The summed E-state index contributed by atoms with van der Waals surface area (Å²) >= 11 is 0. The molecule has 0 aliphatic heterocycles. The summed E-state index contributed by atoms with van der Waals surface area (Å²) in [6.07, 6.45) is 4.98. The summed E-state index contributed by atoms with van der Waals surface area (Å²) in [5.74, 6) is 1.79. The third-order valence-electron chi connectivity index (χ3n) is 3.24. The van der Waals surface area contributed by atoms with Crippen LogP contribution in [0.3, 0.4) is 0 Å². The summed E-state index contributed by atoms with van der Waals surface area (Å²) in [7, 11) is 0. The van der Waals surface area contributed by atoms with Crippen molar-refractivity contribution in [2.45, 2.75) is 46.1 Å². The highest BCUT2D eigenvalue weighted by molar-refractivity contribution is 5.52. The van der Waals surface area contributed by atoms with Crippen molar-refractivity contribution in [1.29, 1.82) is 0 Å². The van der Waals surface area contributed by atoms with E-state index in [4.69, 9.17) is 10.5 Å². The summed E-state index contributed by atoms with van der Waals surface area (Å²) in [6.45, 7) is 8.67. The molecule has 0 aromatic carbocycles. The molecule has 0 atom stereocenters. The van der Waals surface area contributed by atoms with Gasteiger partial charge in [-0.1, -0.05) is 20.8 Å². The van der Waals surface area contributed by atoms with Gasteiger partial charge < -0.3 is 15.4 Å². The number of rotatable bonds is 9. The monoisotopic (exact) mass is 265 g/mol. The van der Waals surface area contributed by atoms with Gasteiger partial charge in [-0.2, -0.15) is 0 Å². The van der Waals surface area contributed by atoms with Crippen LogP contribution < -0.4 is 15.4 Å². The lowest BCUT2D eigenvalue weighted by Gasteiger charge is -2.32. The molecule has 0 radical (unpaired) electrons. The molecular weight excluding hydrogens is 238 g/mol. The first-order chi connectivity index (χ1) is 9.28. The molecule has 0 amide bonds. The highest BCUT2D eigenvalue weighted by atomic mass is 16.5. The Morgan fingerprint density at radius 1 is 1.32 bits per heavy atom. The fourth-order valence-electron chi connectivity index (χ4n) is 2.25. The van der Waals surface area contributed by atoms with Crippen molar-refractivity contribution in [3.8, 4) is 5.75 Å². The molecule has 0 aliphatic carbocycles. The highest BCUT2D eigenvalue weighted by Gasteiger charge is 2.19. The second-order valence-electron chi connectivity index (χ2n) is 4.63. The third-order valence-corrected chi connectivity index (χ3v) is 3.24. The van der Waals surface area contributed by atoms with Crippen LogP contribution in [-0.4, -0.2) is 30.7 Å². The zero-order valence-electron chi connectivity index (χ0n) is 12.4. The first-order valence-corrected chi connectivity index (χ1v) is 7.32. The van der Waals surface area contributed by atoms with Crippen molar-refractivity contribution in [3.05, 3.63) is 18.3 Å². The van der Waals surface area contributed by atoms with Gasteiger partial charge in [0, 0.05) is 25.3 Å². The molecule has 1 aromatic rings. The summed E-state index contributed by atoms with van der Waals surface area (Å²) in [4.78, 5) is 6.80. The van der Waals surface area contributed by atoms with Gasteiger partial charge in [0.05, 0.1) is 6.61 Å². The van der Waals surface area contributed by atoms with Crippen LogP contribution in [0.1, 0.15) is 40.0 Å². The predicted octanol–water partition coefficient (Wildman–Crippen LogP) is 2.82. The predicted molar refractivity (Wildman–Crippen MR) is 80.8 cm³/mol. The maximum atomic E-state index is 5.81.